The van der Waals surface area contributed by atoms with Crippen molar-refractivity contribution in [3.8, 4) is 5.75 Å². The maximum atomic E-state index is 13.1. The van der Waals surface area contributed by atoms with E-state index in [0.29, 0.717) is 17.9 Å². The first-order valence-corrected chi connectivity index (χ1v) is 9.67. The molecule has 0 unspecified atom stereocenters. The van der Waals surface area contributed by atoms with E-state index in [2.05, 4.69) is 27.8 Å². The third kappa shape index (κ3) is 3.58. The summed E-state index contributed by atoms with van der Waals surface area (Å²) in [5.74, 6) is 0.659. The summed E-state index contributed by atoms with van der Waals surface area (Å²) in [6.07, 6.45) is 5.56. The number of benzene rings is 2. The number of nitrogens with zero attached hydrogens (tertiary/aromatic N) is 1. The van der Waals surface area contributed by atoms with Gasteiger partial charge in [0.15, 0.2) is 0 Å². The molecule has 28 heavy (non-hydrogen) atoms. The van der Waals surface area contributed by atoms with Crippen molar-refractivity contribution < 1.29 is 9.53 Å². The molecule has 0 atom stereocenters. The summed E-state index contributed by atoms with van der Waals surface area (Å²) in [6, 6.07) is 13.9. The van der Waals surface area contributed by atoms with Crippen LogP contribution in [-0.4, -0.2) is 31.1 Å². The SMILES string of the molecule is CNCCOc1ccc(C)c(C(=O)NC2(c3cccc4cnccc34)CC2)c1. The van der Waals surface area contributed by atoms with Gasteiger partial charge in [-0.15, -0.1) is 0 Å². The molecule has 0 spiro atoms. The number of nitrogens with one attached hydrogen (secondary N) is 2. The van der Waals surface area contributed by atoms with Crippen LogP contribution in [-0.2, 0) is 5.54 Å². The molecule has 1 amide bonds. The van der Waals surface area contributed by atoms with Crippen LogP contribution >= 0.6 is 0 Å². The Morgan fingerprint density at radius 2 is 2.07 bits per heavy atom. The van der Waals surface area contributed by atoms with E-state index in [1.54, 1.807) is 6.20 Å². The maximum absolute atomic E-state index is 13.1. The van der Waals surface area contributed by atoms with Gasteiger partial charge < -0.3 is 15.4 Å². The van der Waals surface area contributed by atoms with Gasteiger partial charge in [0.1, 0.15) is 12.4 Å². The minimum absolute atomic E-state index is 0.0554. The summed E-state index contributed by atoms with van der Waals surface area (Å²) in [6.45, 7) is 3.28. The fourth-order valence-electron chi connectivity index (χ4n) is 3.62. The quantitative estimate of drug-likeness (QED) is 0.620. The number of carbonyl (C=O) groups is 1. The van der Waals surface area contributed by atoms with E-state index in [-0.39, 0.29) is 11.4 Å². The van der Waals surface area contributed by atoms with Gasteiger partial charge in [0, 0.05) is 29.9 Å². The number of fused-ring (bicyclic) bond motifs is 1. The third-order valence-corrected chi connectivity index (χ3v) is 5.37. The highest BCUT2D eigenvalue weighted by Gasteiger charge is 2.46. The van der Waals surface area contributed by atoms with Gasteiger partial charge in [0.25, 0.3) is 5.91 Å². The molecule has 0 bridgehead atoms. The molecule has 0 saturated heterocycles. The molecule has 144 valence electrons. The Bertz CT molecular complexity index is 1010. The van der Waals surface area contributed by atoms with Gasteiger partial charge in [-0.05, 0) is 61.5 Å². The van der Waals surface area contributed by atoms with E-state index < -0.39 is 0 Å². The number of amides is 1. The Hall–Kier alpha value is -2.92. The molecule has 4 rings (SSSR count). The molecule has 2 N–H and O–H groups in total. The lowest BCUT2D eigenvalue weighted by Gasteiger charge is -2.21. The highest BCUT2D eigenvalue weighted by molar-refractivity contribution is 5.97. The molecular weight excluding hydrogens is 350 g/mol. The second-order valence-electron chi connectivity index (χ2n) is 7.37. The first-order chi connectivity index (χ1) is 13.6. The van der Waals surface area contributed by atoms with Crippen LogP contribution in [0.1, 0.15) is 34.3 Å². The second-order valence-corrected chi connectivity index (χ2v) is 7.37. The van der Waals surface area contributed by atoms with Crippen molar-refractivity contribution in [3.63, 3.8) is 0 Å². The molecule has 1 aliphatic carbocycles. The fourth-order valence-corrected chi connectivity index (χ4v) is 3.62. The topological polar surface area (TPSA) is 63.2 Å². The van der Waals surface area contributed by atoms with Crippen LogP contribution in [0, 0.1) is 6.92 Å². The number of aryl methyl sites for hydroxylation is 1. The van der Waals surface area contributed by atoms with E-state index in [9.17, 15) is 4.79 Å². The normalized spacial score (nSPS) is 14.6. The van der Waals surface area contributed by atoms with Crippen molar-refractivity contribution >= 4 is 16.7 Å². The zero-order chi connectivity index (χ0) is 19.6. The number of likely N-dealkylation sites (N-methyl/N-ethyl adjacent to an activating group) is 1. The van der Waals surface area contributed by atoms with E-state index in [0.717, 1.165) is 35.7 Å². The van der Waals surface area contributed by atoms with Gasteiger partial charge in [0.05, 0.1) is 5.54 Å². The Morgan fingerprint density at radius 3 is 2.86 bits per heavy atom. The number of pyridine rings is 1. The van der Waals surface area contributed by atoms with Crippen LogP contribution < -0.4 is 15.4 Å². The molecule has 1 fully saturated rings. The standard InChI is InChI=1S/C23H25N3O2/c1-16-6-7-18(28-13-12-24-2)14-20(16)22(27)26-23(9-10-23)21-5-3-4-17-15-25-11-8-19(17)21/h3-8,11,14-15,24H,9-10,12-13H2,1-2H3,(H,26,27). The van der Waals surface area contributed by atoms with E-state index in [1.165, 1.54) is 5.56 Å². The molecule has 0 aliphatic heterocycles. The number of hydrogen-bond acceptors (Lipinski definition) is 4. The molecule has 1 aliphatic rings. The van der Waals surface area contributed by atoms with E-state index in [1.807, 2.05) is 50.5 Å². The van der Waals surface area contributed by atoms with Crippen molar-refractivity contribution in [2.24, 2.45) is 0 Å². The second kappa shape index (κ2) is 7.60. The first kappa shape index (κ1) is 18.4. The zero-order valence-corrected chi connectivity index (χ0v) is 16.3. The van der Waals surface area contributed by atoms with Crippen LogP contribution in [0.5, 0.6) is 5.75 Å². The average Bonchev–Trinajstić information content (AvgIpc) is 3.49. The van der Waals surface area contributed by atoms with E-state index in [4.69, 9.17) is 4.74 Å². The lowest BCUT2D eigenvalue weighted by Crippen LogP contribution is -2.35. The molecule has 1 aromatic heterocycles. The first-order valence-electron chi connectivity index (χ1n) is 9.67. The van der Waals surface area contributed by atoms with Crippen LogP contribution in [0.15, 0.2) is 54.9 Å². The van der Waals surface area contributed by atoms with Crippen LogP contribution in [0.25, 0.3) is 10.8 Å². The number of carbonyl (C=O) groups excluding carboxylic acids is 1. The van der Waals surface area contributed by atoms with Crippen molar-refractivity contribution in [1.82, 2.24) is 15.6 Å². The summed E-state index contributed by atoms with van der Waals surface area (Å²) in [5.41, 5.74) is 2.47. The summed E-state index contributed by atoms with van der Waals surface area (Å²) in [4.78, 5) is 17.3. The Morgan fingerprint density at radius 1 is 1.21 bits per heavy atom. The molecule has 5 heteroatoms. The van der Waals surface area contributed by atoms with Gasteiger partial charge >= 0.3 is 0 Å². The lowest BCUT2D eigenvalue weighted by atomic mass is 9.97. The Kier molecular flexibility index (Phi) is 5.01. The minimum Gasteiger partial charge on any atom is -0.492 e. The van der Waals surface area contributed by atoms with Crippen molar-refractivity contribution in [2.45, 2.75) is 25.3 Å². The summed E-state index contributed by atoms with van der Waals surface area (Å²) in [5, 5.41) is 8.59. The molecule has 3 aromatic rings. The van der Waals surface area contributed by atoms with Crippen molar-refractivity contribution in [1.29, 1.82) is 0 Å². The number of ether oxygens (including phenoxy) is 1. The van der Waals surface area contributed by atoms with Crippen LogP contribution in [0.4, 0.5) is 0 Å². The predicted octanol–water partition coefficient (Wildman–Crippen LogP) is 3.56. The number of aromatic nitrogens is 1. The minimum atomic E-state index is -0.298. The molecule has 1 saturated carbocycles. The Balaban J connectivity index is 1.59. The fraction of sp³-hybridized carbons (Fsp3) is 0.304. The summed E-state index contributed by atoms with van der Waals surface area (Å²) in [7, 11) is 1.88. The van der Waals surface area contributed by atoms with Gasteiger partial charge in [-0.3, -0.25) is 9.78 Å². The van der Waals surface area contributed by atoms with Crippen molar-refractivity contribution in [3.05, 3.63) is 71.5 Å². The highest BCUT2D eigenvalue weighted by Crippen LogP contribution is 2.48. The predicted molar refractivity (Wildman–Crippen MR) is 111 cm³/mol. The van der Waals surface area contributed by atoms with Gasteiger partial charge in [0.2, 0.25) is 0 Å². The number of hydrogen-bond donors (Lipinski definition) is 2. The zero-order valence-electron chi connectivity index (χ0n) is 16.3. The summed E-state index contributed by atoms with van der Waals surface area (Å²) < 4.78 is 5.73. The molecule has 0 radical (unpaired) electrons. The maximum Gasteiger partial charge on any atom is 0.252 e. The molecule has 5 nitrogen and oxygen atoms in total. The molecular formula is C23H25N3O2. The molecule has 1 heterocycles. The average molecular weight is 375 g/mol. The van der Waals surface area contributed by atoms with Gasteiger partial charge in [-0.2, -0.15) is 0 Å². The van der Waals surface area contributed by atoms with Crippen LogP contribution in [0.3, 0.4) is 0 Å². The lowest BCUT2D eigenvalue weighted by molar-refractivity contribution is 0.0930. The smallest absolute Gasteiger partial charge is 0.252 e. The summed E-state index contributed by atoms with van der Waals surface area (Å²) >= 11 is 0. The Labute approximate surface area is 165 Å². The largest absolute Gasteiger partial charge is 0.492 e. The number of rotatable bonds is 7. The monoisotopic (exact) mass is 375 g/mol. The van der Waals surface area contributed by atoms with Gasteiger partial charge in [-0.25, -0.2) is 0 Å². The third-order valence-electron chi connectivity index (χ3n) is 5.37. The molecule has 2 aromatic carbocycles. The van der Waals surface area contributed by atoms with Crippen molar-refractivity contribution in [2.75, 3.05) is 20.2 Å². The van der Waals surface area contributed by atoms with Crippen LogP contribution in [0.2, 0.25) is 0 Å². The van der Waals surface area contributed by atoms with Gasteiger partial charge in [-0.1, -0.05) is 24.3 Å². The highest BCUT2D eigenvalue weighted by atomic mass is 16.5. The van der Waals surface area contributed by atoms with E-state index >= 15 is 0 Å².